The number of rotatable bonds is 10. The summed E-state index contributed by atoms with van der Waals surface area (Å²) >= 11 is 0. The topological polar surface area (TPSA) is 122 Å². The van der Waals surface area contributed by atoms with Gasteiger partial charge < -0.3 is 21.3 Å². The lowest BCUT2D eigenvalue weighted by molar-refractivity contribution is -0.144. The molecule has 1 aliphatic heterocycles. The molecule has 0 radical (unpaired) electrons. The molecule has 1 unspecified atom stereocenters. The zero-order chi connectivity index (χ0) is 26.7. The number of ketones is 1. The van der Waals surface area contributed by atoms with Crippen molar-refractivity contribution in [3.63, 3.8) is 0 Å². The van der Waals surface area contributed by atoms with E-state index in [0.29, 0.717) is 19.4 Å². The molecule has 1 heterocycles. The maximum atomic E-state index is 13.9. The molecule has 0 bridgehead atoms. The summed E-state index contributed by atoms with van der Waals surface area (Å²) in [6.45, 7) is 12.6. The molecule has 8 heteroatoms. The van der Waals surface area contributed by atoms with Crippen LogP contribution in [0, 0.1) is 22.7 Å². The number of amides is 3. The van der Waals surface area contributed by atoms with Gasteiger partial charge in [-0.2, -0.15) is 0 Å². The van der Waals surface area contributed by atoms with Gasteiger partial charge >= 0.3 is 0 Å². The first-order valence-corrected chi connectivity index (χ1v) is 13.8. The van der Waals surface area contributed by atoms with Crippen LogP contribution in [0.1, 0.15) is 85.5 Å². The molecule has 0 spiro atoms. The first kappa shape index (κ1) is 28.4. The Kier molecular flexibility index (Phi) is 9.02. The SMILES string of the molecule is C=CCNC(=O)C(=O)C(CCC)NC(=O)[C@@H]1[C@H]2CCC(C)(C)[C@H]2CN1C(=O)[C@@H](N)C1(C)CCCCC1. The molecule has 0 aromatic rings. The molecule has 5 atom stereocenters. The van der Waals surface area contributed by atoms with Crippen LogP contribution in [0.3, 0.4) is 0 Å². The Bertz CT molecular complexity index is 864. The number of Topliss-reactive ketones (excluding diaryl/α,β-unsaturated/α-hetero) is 1. The van der Waals surface area contributed by atoms with E-state index >= 15 is 0 Å². The second kappa shape index (κ2) is 11.4. The van der Waals surface area contributed by atoms with E-state index in [9.17, 15) is 19.2 Å². The van der Waals surface area contributed by atoms with Gasteiger partial charge in [-0.25, -0.2) is 0 Å². The van der Waals surface area contributed by atoms with E-state index in [-0.39, 0.29) is 41.0 Å². The number of nitrogens with two attached hydrogens (primary N) is 1. The largest absolute Gasteiger partial charge is 0.346 e. The predicted octanol–water partition coefficient (Wildman–Crippen LogP) is 2.70. The zero-order valence-corrected chi connectivity index (χ0v) is 22.6. The molecule has 4 N–H and O–H groups in total. The lowest BCUT2D eigenvalue weighted by Crippen LogP contribution is -2.59. The van der Waals surface area contributed by atoms with Crippen molar-refractivity contribution in [3.8, 4) is 0 Å². The summed E-state index contributed by atoms with van der Waals surface area (Å²) in [5.41, 5.74) is 6.38. The summed E-state index contributed by atoms with van der Waals surface area (Å²) in [6.07, 6.45) is 9.42. The summed E-state index contributed by atoms with van der Waals surface area (Å²) in [4.78, 5) is 54.5. The molecule has 0 aromatic heterocycles. The van der Waals surface area contributed by atoms with Crippen LogP contribution in [0.15, 0.2) is 12.7 Å². The van der Waals surface area contributed by atoms with Crippen LogP contribution in [0.5, 0.6) is 0 Å². The Morgan fingerprint density at radius 2 is 1.78 bits per heavy atom. The normalized spacial score (nSPS) is 28.0. The van der Waals surface area contributed by atoms with Gasteiger partial charge in [0, 0.05) is 13.1 Å². The summed E-state index contributed by atoms with van der Waals surface area (Å²) < 4.78 is 0. The van der Waals surface area contributed by atoms with Gasteiger partial charge in [0.05, 0.1) is 12.1 Å². The molecule has 2 saturated carbocycles. The van der Waals surface area contributed by atoms with Crippen molar-refractivity contribution in [2.24, 2.45) is 28.4 Å². The van der Waals surface area contributed by atoms with E-state index in [1.165, 1.54) is 6.08 Å². The lowest BCUT2D eigenvalue weighted by atomic mass is 9.70. The summed E-state index contributed by atoms with van der Waals surface area (Å²) in [5, 5.41) is 5.37. The van der Waals surface area contributed by atoms with Crippen molar-refractivity contribution in [2.45, 2.75) is 104 Å². The van der Waals surface area contributed by atoms with E-state index in [2.05, 4.69) is 38.0 Å². The van der Waals surface area contributed by atoms with Gasteiger partial charge in [0.15, 0.2) is 0 Å². The fraction of sp³-hybridized carbons (Fsp3) is 0.786. The predicted molar refractivity (Wildman–Crippen MR) is 140 cm³/mol. The molecule has 8 nitrogen and oxygen atoms in total. The number of hydrogen-bond acceptors (Lipinski definition) is 5. The van der Waals surface area contributed by atoms with Crippen LogP contribution >= 0.6 is 0 Å². The first-order valence-electron chi connectivity index (χ1n) is 13.8. The molecule has 0 aromatic carbocycles. The highest BCUT2D eigenvalue weighted by atomic mass is 16.2. The fourth-order valence-corrected chi connectivity index (χ4v) is 6.76. The molecular weight excluding hydrogens is 456 g/mol. The number of carbonyl (C=O) groups is 4. The van der Waals surface area contributed by atoms with E-state index in [0.717, 1.165) is 44.9 Å². The third-order valence-electron chi connectivity index (χ3n) is 9.18. The molecular formula is C28H46N4O4. The minimum absolute atomic E-state index is 0.0142. The average Bonchev–Trinajstić information content (AvgIpc) is 3.38. The minimum Gasteiger partial charge on any atom is -0.346 e. The minimum atomic E-state index is -0.928. The smallest absolute Gasteiger partial charge is 0.289 e. The summed E-state index contributed by atoms with van der Waals surface area (Å²) in [6, 6.07) is -2.26. The van der Waals surface area contributed by atoms with Crippen molar-refractivity contribution in [3.05, 3.63) is 12.7 Å². The standard InChI is InChI=1S/C28H46N4O4/c1-6-11-20(22(33)25(35)30-16-7-2)31-24(34)21-18-12-15-27(3,4)19(18)17-32(21)26(36)23(29)28(5)13-9-8-10-14-28/h7,18-21,23H,2,6,8-17,29H2,1,3-5H3,(H,30,35)(H,31,34)/t18-,19-,20?,21-,23+/m0/s1. The quantitative estimate of drug-likeness (QED) is 0.313. The van der Waals surface area contributed by atoms with Gasteiger partial charge in [-0.15, -0.1) is 6.58 Å². The van der Waals surface area contributed by atoms with Crippen LogP contribution < -0.4 is 16.4 Å². The maximum Gasteiger partial charge on any atom is 0.289 e. The second-order valence-corrected chi connectivity index (χ2v) is 12.1. The van der Waals surface area contributed by atoms with E-state index in [4.69, 9.17) is 5.73 Å². The first-order chi connectivity index (χ1) is 17.0. The van der Waals surface area contributed by atoms with Gasteiger partial charge in [-0.3, -0.25) is 19.2 Å². The second-order valence-electron chi connectivity index (χ2n) is 12.1. The van der Waals surface area contributed by atoms with Crippen LogP contribution in [-0.4, -0.2) is 59.6 Å². The number of fused-ring (bicyclic) bond motifs is 1. The van der Waals surface area contributed by atoms with Gasteiger partial charge in [0.2, 0.25) is 17.6 Å². The molecule has 202 valence electrons. The molecule has 3 aliphatic rings. The van der Waals surface area contributed by atoms with Crippen molar-refractivity contribution in [1.29, 1.82) is 0 Å². The summed E-state index contributed by atoms with van der Waals surface area (Å²) in [5.74, 6) is -1.70. The maximum absolute atomic E-state index is 13.9. The monoisotopic (exact) mass is 502 g/mol. The summed E-state index contributed by atoms with van der Waals surface area (Å²) in [7, 11) is 0. The number of nitrogens with one attached hydrogen (secondary N) is 2. The molecule has 36 heavy (non-hydrogen) atoms. The van der Waals surface area contributed by atoms with Gasteiger partial charge in [-0.1, -0.05) is 59.5 Å². The third-order valence-corrected chi connectivity index (χ3v) is 9.18. The fourth-order valence-electron chi connectivity index (χ4n) is 6.76. The average molecular weight is 503 g/mol. The molecule has 2 aliphatic carbocycles. The number of likely N-dealkylation sites (tertiary alicyclic amines) is 1. The highest BCUT2D eigenvalue weighted by Crippen LogP contribution is 2.53. The number of carbonyl (C=O) groups excluding carboxylic acids is 4. The van der Waals surface area contributed by atoms with Crippen LogP contribution in [0.2, 0.25) is 0 Å². The van der Waals surface area contributed by atoms with Crippen molar-refractivity contribution >= 4 is 23.5 Å². The molecule has 3 amide bonds. The van der Waals surface area contributed by atoms with Gasteiger partial charge in [-0.05, 0) is 54.8 Å². The van der Waals surface area contributed by atoms with Crippen molar-refractivity contribution in [2.75, 3.05) is 13.1 Å². The van der Waals surface area contributed by atoms with Crippen LogP contribution in [-0.2, 0) is 19.2 Å². The Morgan fingerprint density at radius 3 is 2.39 bits per heavy atom. The lowest BCUT2D eigenvalue weighted by Gasteiger charge is -2.40. The van der Waals surface area contributed by atoms with E-state index < -0.39 is 29.8 Å². The van der Waals surface area contributed by atoms with Gasteiger partial charge in [0.1, 0.15) is 6.04 Å². The molecule has 3 rings (SSSR count). The Hall–Kier alpha value is -2.22. The van der Waals surface area contributed by atoms with Crippen molar-refractivity contribution in [1.82, 2.24) is 15.5 Å². The van der Waals surface area contributed by atoms with E-state index in [1.54, 1.807) is 4.90 Å². The van der Waals surface area contributed by atoms with E-state index in [1.807, 2.05) is 6.92 Å². The molecule has 1 saturated heterocycles. The van der Waals surface area contributed by atoms with Crippen molar-refractivity contribution < 1.29 is 19.2 Å². The number of nitrogens with zero attached hydrogens (tertiary/aromatic N) is 1. The highest BCUT2D eigenvalue weighted by Gasteiger charge is 2.57. The van der Waals surface area contributed by atoms with Gasteiger partial charge in [0.25, 0.3) is 5.91 Å². The highest BCUT2D eigenvalue weighted by molar-refractivity contribution is 6.38. The Balaban J connectivity index is 1.84. The number of hydrogen-bond donors (Lipinski definition) is 3. The zero-order valence-electron chi connectivity index (χ0n) is 22.6. The molecule has 3 fully saturated rings. The van der Waals surface area contributed by atoms with Crippen LogP contribution in [0.4, 0.5) is 0 Å². The van der Waals surface area contributed by atoms with Crippen LogP contribution in [0.25, 0.3) is 0 Å². The third kappa shape index (κ3) is 5.68. The Morgan fingerprint density at radius 1 is 1.11 bits per heavy atom. The Labute approximate surface area is 216 Å².